The molecule has 0 bridgehead atoms. The average Bonchev–Trinajstić information content (AvgIpc) is 3.31. The molecule has 0 saturated carbocycles. The Morgan fingerprint density at radius 1 is 0.824 bits per heavy atom. The highest BCUT2D eigenvalue weighted by Crippen LogP contribution is 2.41. The van der Waals surface area contributed by atoms with Crippen LogP contribution < -0.4 is 24.0 Å². The van der Waals surface area contributed by atoms with E-state index in [0.717, 1.165) is 45.5 Å². The zero-order chi connectivity index (χ0) is 24.1. The molecule has 0 saturated heterocycles. The fourth-order valence-corrected chi connectivity index (χ4v) is 4.15. The Kier molecular flexibility index (Phi) is 7.28. The monoisotopic (exact) mass is 478 g/mol. The van der Waals surface area contributed by atoms with Crippen LogP contribution in [-0.4, -0.2) is 34.2 Å². The van der Waals surface area contributed by atoms with Crippen molar-refractivity contribution in [1.29, 1.82) is 0 Å². The van der Waals surface area contributed by atoms with Crippen molar-refractivity contribution < 1.29 is 18.9 Å². The van der Waals surface area contributed by atoms with Gasteiger partial charge < -0.3 is 18.9 Å². The van der Waals surface area contributed by atoms with E-state index in [4.69, 9.17) is 35.6 Å². The second-order valence-corrected chi connectivity index (χ2v) is 8.12. The third kappa shape index (κ3) is 4.97. The van der Waals surface area contributed by atoms with Crippen molar-refractivity contribution in [2.24, 2.45) is 5.10 Å². The summed E-state index contributed by atoms with van der Waals surface area (Å²) in [6.07, 6.45) is 4.70. The highest BCUT2D eigenvalue weighted by Gasteiger charge is 2.31. The maximum Gasteiger partial charge on any atom is 0.129 e. The first kappa shape index (κ1) is 23.5. The van der Waals surface area contributed by atoms with Gasteiger partial charge in [0.15, 0.2) is 0 Å². The van der Waals surface area contributed by atoms with Crippen LogP contribution in [0, 0.1) is 0 Å². The highest BCUT2D eigenvalue weighted by atomic mass is 35.5. The smallest absolute Gasteiger partial charge is 0.129 e. The second-order valence-electron chi connectivity index (χ2n) is 7.68. The first-order valence-electron chi connectivity index (χ1n) is 10.8. The van der Waals surface area contributed by atoms with E-state index in [1.165, 1.54) is 0 Å². The minimum Gasteiger partial charge on any atom is -0.497 e. The average molecular weight is 479 g/mol. The fourth-order valence-electron chi connectivity index (χ4n) is 3.97. The Hall–Kier alpha value is -3.64. The van der Waals surface area contributed by atoms with Gasteiger partial charge in [-0.05, 0) is 54.6 Å². The summed E-state index contributed by atoms with van der Waals surface area (Å²) in [4.78, 5) is 0. The highest BCUT2D eigenvalue weighted by molar-refractivity contribution is 6.30. The Bertz CT molecular complexity index is 1230. The van der Waals surface area contributed by atoms with Gasteiger partial charge in [-0.1, -0.05) is 17.7 Å². The van der Waals surface area contributed by atoms with Crippen LogP contribution in [0.15, 0.2) is 71.8 Å². The number of ether oxygens (including phenoxy) is 4. The molecular formula is C27H27ClN2O4. The summed E-state index contributed by atoms with van der Waals surface area (Å²) in [5, 5.41) is 7.57. The molecule has 0 fully saturated rings. The number of halogens is 1. The van der Waals surface area contributed by atoms with Crippen molar-refractivity contribution in [1.82, 2.24) is 0 Å². The van der Waals surface area contributed by atoms with Gasteiger partial charge >= 0.3 is 0 Å². The van der Waals surface area contributed by atoms with Gasteiger partial charge in [0, 0.05) is 34.7 Å². The van der Waals surface area contributed by atoms with Gasteiger partial charge in [-0.15, -0.1) is 0 Å². The predicted octanol–water partition coefficient (Wildman–Crippen LogP) is 6.40. The standard InChI is InChI=1S/C27H27ClN2O4/c1-31-22-11-9-18(26(16-22)33-3)8-10-20-15-25(24-13-12-23(32-2)17-27(24)34-4)30(29-20)21-7-5-6-19(28)14-21/h5-14,16-17,25H,15H2,1-4H3/b10-8+/t25-/m1/s1. The number of hydrogen-bond donors (Lipinski definition) is 0. The van der Waals surface area contributed by atoms with Crippen LogP contribution in [0.3, 0.4) is 0 Å². The molecule has 7 heteroatoms. The third-order valence-corrected chi connectivity index (χ3v) is 5.94. The molecule has 1 aliphatic heterocycles. The van der Waals surface area contributed by atoms with Gasteiger partial charge in [-0.25, -0.2) is 0 Å². The molecule has 3 aromatic rings. The molecule has 176 valence electrons. The van der Waals surface area contributed by atoms with Gasteiger partial charge in [-0.3, -0.25) is 5.01 Å². The molecule has 0 aromatic heterocycles. The van der Waals surface area contributed by atoms with Crippen LogP contribution in [0.2, 0.25) is 5.02 Å². The second kappa shape index (κ2) is 10.5. The van der Waals surface area contributed by atoms with Crippen molar-refractivity contribution in [2.75, 3.05) is 33.4 Å². The minimum atomic E-state index is -0.0725. The first-order valence-corrected chi connectivity index (χ1v) is 11.2. The quantitative estimate of drug-likeness (QED) is 0.375. The van der Waals surface area contributed by atoms with Crippen LogP contribution in [0.4, 0.5) is 5.69 Å². The van der Waals surface area contributed by atoms with Gasteiger partial charge in [0.25, 0.3) is 0 Å². The van der Waals surface area contributed by atoms with Gasteiger partial charge in [0.05, 0.1) is 45.9 Å². The number of allylic oxidation sites excluding steroid dienone is 1. The molecule has 0 N–H and O–H groups in total. The van der Waals surface area contributed by atoms with Gasteiger partial charge in [0.2, 0.25) is 0 Å². The molecule has 0 unspecified atom stereocenters. The number of nitrogens with zero attached hydrogens (tertiary/aromatic N) is 2. The Balaban J connectivity index is 1.70. The number of rotatable bonds is 8. The largest absolute Gasteiger partial charge is 0.497 e. The lowest BCUT2D eigenvalue weighted by Crippen LogP contribution is -2.19. The molecule has 0 radical (unpaired) electrons. The summed E-state index contributed by atoms with van der Waals surface area (Å²) in [7, 11) is 6.58. The summed E-state index contributed by atoms with van der Waals surface area (Å²) in [6.45, 7) is 0. The van der Waals surface area contributed by atoms with E-state index in [1.807, 2.05) is 77.8 Å². The molecule has 0 aliphatic carbocycles. The maximum atomic E-state index is 6.30. The van der Waals surface area contributed by atoms with E-state index in [-0.39, 0.29) is 6.04 Å². The molecule has 0 amide bonds. The number of hydrogen-bond acceptors (Lipinski definition) is 6. The summed E-state index contributed by atoms with van der Waals surface area (Å²) in [5.41, 5.74) is 3.77. The van der Waals surface area contributed by atoms with E-state index in [9.17, 15) is 0 Å². The first-order chi connectivity index (χ1) is 16.6. The molecule has 3 aromatic carbocycles. The molecule has 4 rings (SSSR count). The lowest BCUT2D eigenvalue weighted by atomic mass is 9.99. The van der Waals surface area contributed by atoms with E-state index in [1.54, 1.807) is 28.4 Å². The molecule has 1 heterocycles. The summed E-state index contributed by atoms with van der Waals surface area (Å²) in [5.74, 6) is 2.95. The Labute approximate surface area is 205 Å². The molecule has 1 aliphatic rings. The van der Waals surface area contributed by atoms with Crippen LogP contribution in [0.5, 0.6) is 23.0 Å². The number of hydrazone groups is 1. The zero-order valence-corrected chi connectivity index (χ0v) is 20.4. The van der Waals surface area contributed by atoms with Crippen molar-refractivity contribution >= 4 is 29.1 Å². The Morgan fingerprint density at radius 2 is 1.53 bits per heavy atom. The van der Waals surface area contributed by atoms with Crippen LogP contribution >= 0.6 is 11.6 Å². The van der Waals surface area contributed by atoms with E-state index >= 15 is 0 Å². The summed E-state index contributed by atoms with van der Waals surface area (Å²) >= 11 is 6.30. The van der Waals surface area contributed by atoms with Gasteiger partial charge in [0.1, 0.15) is 23.0 Å². The van der Waals surface area contributed by atoms with Crippen molar-refractivity contribution in [3.63, 3.8) is 0 Å². The predicted molar refractivity (Wildman–Crippen MR) is 137 cm³/mol. The number of anilines is 1. The molecule has 34 heavy (non-hydrogen) atoms. The zero-order valence-electron chi connectivity index (χ0n) is 19.6. The molecule has 6 nitrogen and oxygen atoms in total. The number of methoxy groups -OCH3 is 4. The van der Waals surface area contributed by atoms with E-state index < -0.39 is 0 Å². The van der Waals surface area contributed by atoms with Crippen LogP contribution in [-0.2, 0) is 0 Å². The molecule has 1 atom stereocenters. The summed E-state index contributed by atoms with van der Waals surface area (Å²) < 4.78 is 21.9. The third-order valence-electron chi connectivity index (χ3n) is 5.70. The van der Waals surface area contributed by atoms with Crippen molar-refractivity contribution in [3.8, 4) is 23.0 Å². The normalized spacial score (nSPS) is 15.4. The van der Waals surface area contributed by atoms with Crippen LogP contribution in [0.1, 0.15) is 23.6 Å². The summed E-state index contributed by atoms with van der Waals surface area (Å²) in [6, 6.07) is 19.2. The maximum absolute atomic E-state index is 6.30. The Morgan fingerprint density at radius 3 is 2.21 bits per heavy atom. The SMILES string of the molecule is COc1ccc(/C=C/C2=NN(c3cccc(Cl)c3)[C@@H](c3ccc(OC)cc3OC)C2)c(OC)c1. The van der Waals surface area contributed by atoms with Crippen molar-refractivity contribution in [2.45, 2.75) is 12.5 Å². The topological polar surface area (TPSA) is 52.5 Å². The molecular weight excluding hydrogens is 452 g/mol. The number of benzene rings is 3. The minimum absolute atomic E-state index is 0.0725. The fraction of sp³-hybridized carbons (Fsp3) is 0.222. The van der Waals surface area contributed by atoms with E-state index in [2.05, 4.69) is 0 Å². The lowest BCUT2D eigenvalue weighted by Gasteiger charge is -2.25. The van der Waals surface area contributed by atoms with E-state index in [0.29, 0.717) is 11.4 Å². The van der Waals surface area contributed by atoms with Gasteiger partial charge in [-0.2, -0.15) is 5.10 Å². The van der Waals surface area contributed by atoms with Crippen LogP contribution in [0.25, 0.3) is 6.08 Å². The molecule has 0 spiro atoms. The van der Waals surface area contributed by atoms with Crippen molar-refractivity contribution in [3.05, 3.63) is 82.9 Å². The lowest BCUT2D eigenvalue weighted by molar-refractivity contribution is 0.388.